The lowest BCUT2D eigenvalue weighted by Crippen LogP contribution is -2.23. The van der Waals surface area contributed by atoms with E-state index in [0.29, 0.717) is 18.9 Å². The standard InChI is InChI=1S/C16H18N2OS2/c1-11-18-14(10-20-11)15-7-6-13(21-15)9-17-16(19)8-12-4-2-3-5-12/h2,4,6-7,10,12H,3,5,8-9H2,1H3,(H,17,19)/t12-/m1/s1. The maximum atomic E-state index is 11.9. The summed E-state index contributed by atoms with van der Waals surface area (Å²) >= 11 is 3.36. The van der Waals surface area contributed by atoms with Crippen LogP contribution in [0.2, 0.25) is 0 Å². The fraction of sp³-hybridized carbons (Fsp3) is 0.375. The second kappa shape index (κ2) is 6.54. The molecule has 0 saturated heterocycles. The first-order chi connectivity index (χ1) is 10.2. The van der Waals surface area contributed by atoms with Gasteiger partial charge in [0, 0.05) is 16.7 Å². The maximum absolute atomic E-state index is 11.9. The van der Waals surface area contributed by atoms with Crippen LogP contribution in [0.4, 0.5) is 0 Å². The number of nitrogens with zero attached hydrogens (tertiary/aromatic N) is 1. The van der Waals surface area contributed by atoms with Gasteiger partial charge in [-0.05, 0) is 37.8 Å². The number of rotatable bonds is 5. The van der Waals surface area contributed by atoms with E-state index in [0.717, 1.165) is 23.5 Å². The van der Waals surface area contributed by atoms with E-state index >= 15 is 0 Å². The molecule has 2 heterocycles. The lowest BCUT2D eigenvalue weighted by Gasteiger charge is -2.07. The molecule has 0 aromatic carbocycles. The summed E-state index contributed by atoms with van der Waals surface area (Å²) in [7, 11) is 0. The van der Waals surface area contributed by atoms with Crippen molar-refractivity contribution in [2.75, 3.05) is 0 Å². The van der Waals surface area contributed by atoms with Gasteiger partial charge >= 0.3 is 0 Å². The highest BCUT2D eigenvalue weighted by molar-refractivity contribution is 7.16. The van der Waals surface area contributed by atoms with Gasteiger partial charge in [0.2, 0.25) is 5.91 Å². The maximum Gasteiger partial charge on any atom is 0.220 e. The van der Waals surface area contributed by atoms with Gasteiger partial charge in [0.15, 0.2) is 0 Å². The van der Waals surface area contributed by atoms with Gasteiger partial charge in [0.05, 0.1) is 22.1 Å². The van der Waals surface area contributed by atoms with Gasteiger partial charge in [-0.15, -0.1) is 22.7 Å². The van der Waals surface area contributed by atoms with Crippen molar-refractivity contribution in [3.05, 3.63) is 39.5 Å². The predicted molar refractivity (Wildman–Crippen MR) is 88.5 cm³/mol. The van der Waals surface area contributed by atoms with Crippen LogP contribution in [-0.4, -0.2) is 10.9 Å². The van der Waals surface area contributed by atoms with Crippen molar-refractivity contribution < 1.29 is 4.79 Å². The zero-order valence-electron chi connectivity index (χ0n) is 12.0. The van der Waals surface area contributed by atoms with E-state index in [4.69, 9.17) is 0 Å². The molecule has 0 radical (unpaired) electrons. The van der Waals surface area contributed by atoms with Gasteiger partial charge in [0.25, 0.3) is 0 Å². The Morgan fingerprint density at radius 3 is 3.10 bits per heavy atom. The number of nitrogens with one attached hydrogen (secondary N) is 1. The molecule has 2 aromatic rings. The van der Waals surface area contributed by atoms with Gasteiger partial charge in [0.1, 0.15) is 0 Å². The fourth-order valence-corrected chi connectivity index (χ4v) is 4.04. The molecule has 0 unspecified atom stereocenters. The summed E-state index contributed by atoms with van der Waals surface area (Å²) in [5.41, 5.74) is 1.04. The molecule has 0 spiro atoms. The molecule has 1 amide bonds. The van der Waals surface area contributed by atoms with Crippen LogP contribution in [0.3, 0.4) is 0 Å². The Bertz CT molecular complexity index is 657. The Hall–Kier alpha value is -1.46. The summed E-state index contributed by atoms with van der Waals surface area (Å²) in [4.78, 5) is 18.7. The van der Waals surface area contributed by atoms with Gasteiger partial charge in [-0.1, -0.05) is 12.2 Å². The Morgan fingerprint density at radius 1 is 1.48 bits per heavy atom. The first kappa shape index (κ1) is 14.5. The van der Waals surface area contributed by atoms with Crippen molar-refractivity contribution in [1.29, 1.82) is 0 Å². The molecular weight excluding hydrogens is 300 g/mol. The van der Waals surface area contributed by atoms with Crippen molar-refractivity contribution in [2.24, 2.45) is 5.92 Å². The van der Waals surface area contributed by atoms with Crippen LogP contribution >= 0.6 is 22.7 Å². The topological polar surface area (TPSA) is 42.0 Å². The van der Waals surface area contributed by atoms with E-state index in [1.807, 2.05) is 6.92 Å². The minimum Gasteiger partial charge on any atom is -0.351 e. The van der Waals surface area contributed by atoms with Crippen LogP contribution in [0.5, 0.6) is 0 Å². The second-order valence-corrected chi connectivity index (χ2v) is 7.49. The predicted octanol–water partition coefficient (Wildman–Crippen LogP) is 4.15. The van der Waals surface area contributed by atoms with Crippen LogP contribution in [-0.2, 0) is 11.3 Å². The lowest BCUT2D eigenvalue weighted by atomic mass is 10.1. The second-order valence-electron chi connectivity index (χ2n) is 5.26. The van der Waals surface area contributed by atoms with E-state index in [1.165, 1.54) is 9.75 Å². The van der Waals surface area contributed by atoms with E-state index in [1.54, 1.807) is 22.7 Å². The summed E-state index contributed by atoms with van der Waals surface area (Å²) < 4.78 is 0. The Kier molecular flexibility index (Phi) is 4.51. The summed E-state index contributed by atoms with van der Waals surface area (Å²) in [6, 6.07) is 4.16. The summed E-state index contributed by atoms with van der Waals surface area (Å²) in [6.45, 7) is 2.63. The Balaban J connectivity index is 1.52. The molecule has 1 atom stereocenters. The highest BCUT2D eigenvalue weighted by Crippen LogP contribution is 2.29. The molecule has 0 fully saturated rings. The van der Waals surface area contributed by atoms with E-state index < -0.39 is 0 Å². The molecule has 1 aliphatic carbocycles. The number of carbonyl (C=O) groups excluding carboxylic acids is 1. The molecule has 0 aliphatic heterocycles. The highest BCUT2D eigenvalue weighted by Gasteiger charge is 2.14. The normalized spacial score (nSPS) is 17.3. The van der Waals surface area contributed by atoms with Gasteiger partial charge < -0.3 is 5.32 Å². The molecule has 0 saturated carbocycles. The number of thiophene rings is 1. The number of thiazole rings is 1. The number of amides is 1. The van der Waals surface area contributed by atoms with Gasteiger partial charge in [-0.2, -0.15) is 0 Å². The third-order valence-corrected chi connectivity index (χ3v) is 5.43. The monoisotopic (exact) mass is 318 g/mol. The van der Waals surface area contributed by atoms with Crippen molar-refractivity contribution in [2.45, 2.75) is 32.7 Å². The Morgan fingerprint density at radius 2 is 2.38 bits per heavy atom. The largest absolute Gasteiger partial charge is 0.351 e. The van der Waals surface area contributed by atoms with E-state index in [9.17, 15) is 4.79 Å². The molecule has 110 valence electrons. The van der Waals surface area contributed by atoms with Crippen molar-refractivity contribution in [3.63, 3.8) is 0 Å². The molecule has 2 aromatic heterocycles. The molecule has 1 aliphatic rings. The quantitative estimate of drug-likeness (QED) is 0.841. The molecule has 5 heteroatoms. The van der Waals surface area contributed by atoms with Crippen molar-refractivity contribution >= 4 is 28.6 Å². The minimum absolute atomic E-state index is 0.144. The first-order valence-corrected chi connectivity index (χ1v) is 8.85. The van der Waals surface area contributed by atoms with Crippen molar-refractivity contribution in [3.8, 4) is 10.6 Å². The highest BCUT2D eigenvalue weighted by atomic mass is 32.1. The van der Waals surface area contributed by atoms with Crippen LogP contribution in [0.1, 0.15) is 29.1 Å². The molecule has 1 N–H and O–H groups in total. The number of allylic oxidation sites excluding steroid dienone is 2. The molecular formula is C16H18N2OS2. The molecule has 21 heavy (non-hydrogen) atoms. The average Bonchev–Trinajstić information content (AvgIpc) is 3.17. The number of carbonyl (C=O) groups is 1. The molecule has 0 bridgehead atoms. The number of aryl methyl sites for hydroxylation is 1. The van der Waals surface area contributed by atoms with Gasteiger partial charge in [-0.25, -0.2) is 4.98 Å². The van der Waals surface area contributed by atoms with Crippen LogP contribution in [0.15, 0.2) is 29.7 Å². The fourth-order valence-electron chi connectivity index (χ4n) is 2.45. The lowest BCUT2D eigenvalue weighted by molar-refractivity contribution is -0.121. The van der Waals surface area contributed by atoms with Crippen molar-refractivity contribution in [1.82, 2.24) is 10.3 Å². The zero-order valence-corrected chi connectivity index (χ0v) is 13.6. The SMILES string of the molecule is Cc1nc(-c2ccc(CNC(=O)C[C@@H]3C=CCC3)s2)cs1. The minimum atomic E-state index is 0.144. The summed E-state index contributed by atoms with van der Waals surface area (Å²) in [5, 5.41) is 6.18. The van der Waals surface area contributed by atoms with E-state index in [2.05, 4.69) is 40.0 Å². The Labute approximate surface area is 132 Å². The number of hydrogen-bond acceptors (Lipinski definition) is 4. The summed E-state index contributed by atoms with van der Waals surface area (Å²) in [6.07, 6.45) is 7.16. The smallest absolute Gasteiger partial charge is 0.220 e. The van der Waals surface area contributed by atoms with Crippen LogP contribution in [0.25, 0.3) is 10.6 Å². The first-order valence-electron chi connectivity index (χ1n) is 7.15. The molecule has 3 rings (SSSR count). The zero-order chi connectivity index (χ0) is 14.7. The van der Waals surface area contributed by atoms with E-state index in [-0.39, 0.29) is 5.91 Å². The average molecular weight is 318 g/mol. The molecule has 3 nitrogen and oxygen atoms in total. The summed E-state index contributed by atoms with van der Waals surface area (Å²) in [5.74, 6) is 0.577. The third kappa shape index (κ3) is 3.80. The third-order valence-electron chi connectivity index (χ3n) is 3.55. The van der Waals surface area contributed by atoms with Crippen LogP contribution in [0, 0.1) is 12.8 Å². The number of hydrogen-bond donors (Lipinski definition) is 1. The van der Waals surface area contributed by atoms with Crippen LogP contribution < -0.4 is 5.32 Å². The number of aromatic nitrogens is 1. The van der Waals surface area contributed by atoms with Gasteiger partial charge in [-0.3, -0.25) is 4.79 Å².